The minimum atomic E-state index is 0.0104. The zero-order chi connectivity index (χ0) is 17.1. The Morgan fingerprint density at radius 1 is 1.38 bits per heavy atom. The topological polar surface area (TPSA) is 77.2 Å². The molecule has 0 radical (unpaired) electrons. The molecule has 0 spiro atoms. The van der Waals surface area contributed by atoms with Crippen molar-refractivity contribution in [2.24, 2.45) is 0 Å². The minimum absolute atomic E-state index is 0.0104. The molecule has 1 atom stereocenters. The van der Waals surface area contributed by atoms with Crippen LogP contribution in [0.3, 0.4) is 0 Å². The van der Waals surface area contributed by atoms with Crippen LogP contribution in [0.4, 0.5) is 5.82 Å². The molecule has 8 heteroatoms. The second-order valence-corrected chi connectivity index (χ2v) is 6.35. The molecule has 3 aromatic heterocycles. The number of hydrogen-bond donors (Lipinski definition) is 0. The third-order valence-electron chi connectivity index (χ3n) is 3.58. The Hall–Kier alpha value is -2.32. The molecular weight excluding hydrogens is 326 g/mol. The van der Waals surface area contributed by atoms with E-state index in [1.54, 1.807) is 31.6 Å². The van der Waals surface area contributed by atoms with Gasteiger partial charge in [-0.05, 0) is 26.0 Å². The van der Waals surface area contributed by atoms with Crippen molar-refractivity contribution >= 4 is 17.2 Å². The average Bonchev–Trinajstić information content (AvgIpc) is 3.23. The maximum atomic E-state index is 5.30. The van der Waals surface area contributed by atoms with Gasteiger partial charge in [0.1, 0.15) is 16.9 Å². The largest absolute Gasteiger partial charge is 0.375 e. The third-order valence-corrected chi connectivity index (χ3v) is 4.64. The van der Waals surface area contributed by atoms with Crippen molar-refractivity contribution in [3.63, 3.8) is 0 Å². The zero-order valence-corrected chi connectivity index (χ0v) is 14.9. The molecule has 126 valence electrons. The number of nitrogens with zero attached hydrogens (tertiary/aromatic N) is 5. The van der Waals surface area contributed by atoms with E-state index in [4.69, 9.17) is 9.26 Å². The molecule has 0 aliphatic heterocycles. The summed E-state index contributed by atoms with van der Waals surface area (Å²) in [6, 6.07) is 3.78. The quantitative estimate of drug-likeness (QED) is 0.678. The molecule has 0 aromatic carbocycles. The van der Waals surface area contributed by atoms with Gasteiger partial charge in [-0.15, -0.1) is 11.3 Å². The maximum absolute atomic E-state index is 5.30. The second kappa shape index (κ2) is 7.06. The monoisotopic (exact) mass is 345 g/mol. The van der Waals surface area contributed by atoms with Crippen LogP contribution in [0.15, 0.2) is 28.2 Å². The van der Waals surface area contributed by atoms with E-state index in [0.29, 0.717) is 18.3 Å². The SMILES string of the molecule is COC(C)c1nc(CN(C)c2cc(-c3nc(C)no3)ccn2)cs1. The predicted molar refractivity (Wildman–Crippen MR) is 91.9 cm³/mol. The predicted octanol–water partition coefficient (Wildman–Crippen LogP) is 3.24. The molecule has 1 unspecified atom stereocenters. The van der Waals surface area contributed by atoms with Crippen LogP contribution in [0.5, 0.6) is 0 Å². The standard InChI is InChI=1S/C16H19N5O2S/c1-10(22-4)16-19-13(9-24-16)8-21(3)14-7-12(5-6-17-14)15-18-11(2)20-23-15/h5-7,9-10H,8H2,1-4H3. The molecule has 0 N–H and O–H groups in total. The summed E-state index contributed by atoms with van der Waals surface area (Å²) >= 11 is 1.61. The fourth-order valence-electron chi connectivity index (χ4n) is 2.18. The maximum Gasteiger partial charge on any atom is 0.258 e. The molecule has 0 bridgehead atoms. The van der Waals surface area contributed by atoms with Crippen molar-refractivity contribution in [1.82, 2.24) is 20.1 Å². The van der Waals surface area contributed by atoms with Crippen LogP contribution >= 0.6 is 11.3 Å². The zero-order valence-electron chi connectivity index (χ0n) is 14.1. The molecule has 0 aliphatic carbocycles. The Balaban J connectivity index is 1.75. The molecular formula is C16H19N5O2S. The molecule has 0 fully saturated rings. The van der Waals surface area contributed by atoms with Gasteiger partial charge in [-0.1, -0.05) is 5.16 Å². The summed E-state index contributed by atoms with van der Waals surface area (Å²) in [6.07, 6.45) is 1.75. The first-order valence-corrected chi connectivity index (χ1v) is 8.39. The molecule has 0 aliphatic rings. The summed E-state index contributed by atoms with van der Waals surface area (Å²) in [7, 11) is 3.66. The Morgan fingerprint density at radius 2 is 2.21 bits per heavy atom. The van der Waals surface area contributed by atoms with Gasteiger partial charge in [0.2, 0.25) is 0 Å². The highest BCUT2D eigenvalue weighted by Gasteiger charge is 2.13. The number of anilines is 1. The van der Waals surface area contributed by atoms with E-state index in [1.165, 1.54) is 0 Å². The molecule has 3 heterocycles. The Labute approximate surface area is 144 Å². The van der Waals surface area contributed by atoms with E-state index in [9.17, 15) is 0 Å². The number of ether oxygens (including phenoxy) is 1. The molecule has 24 heavy (non-hydrogen) atoms. The van der Waals surface area contributed by atoms with Crippen LogP contribution in [0.2, 0.25) is 0 Å². The molecule has 7 nitrogen and oxygen atoms in total. The Morgan fingerprint density at radius 3 is 2.92 bits per heavy atom. The smallest absolute Gasteiger partial charge is 0.258 e. The van der Waals surface area contributed by atoms with E-state index in [1.807, 2.05) is 36.4 Å². The van der Waals surface area contributed by atoms with Gasteiger partial charge in [0.25, 0.3) is 5.89 Å². The highest BCUT2D eigenvalue weighted by atomic mass is 32.1. The van der Waals surface area contributed by atoms with Gasteiger partial charge in [-0.2, -0.15) is 4.98 Å². The lowest BCUT2D eigenvalue weighted by molar-refractivity contribution is 0.119. The summed E-state index contributed by atoms with van der Waals surface area (Å²) in [5, 5.41) is 6.85. The van der Waals surface area contributed by atoms with E-state index in [0.717, 1.165) is 22.1 Å². The second-order valence-electron chi connectivity index (χ2n) is 5.46. The molecule has 0 amide bonds. The lowest BCUT2D eigenvalue weighted by Crippen LogP contribution is -2.18. The summed E-state index contributed by atoms with van der Waals surface area (Å²) in [6.45, 7) is 4.44. The van der Waals surface area contributed by atoms with Crippen molar-refractivity contribution in [3.8, 4) is 11.5 Å². The first-order chi connectivity index (χ1) is 11.6. The first-order valence-electron chi connectivity index (χ1n) is 7.51. The van der Waals surface area contributed by atoms with E-state index >= 15 is 0 Å². The average molecular weight is 345 g/mol. The van der Waals surface area contributed by atoms with Gasteiger partial charge in [0.15, 0.2) is 5.82 Å². The highest BCUT2D eigenvalue weighted by molar-refractivity contribution is 7.09. The van der Waals surface area contributed by atoms with Crippen molar-refractivity contribution in [2.45, 2.75) is 26.5 Å². The van der Waals surface area contributed by atoms with Gasteiger partial charge in [-0.3, -0.25) is 0 Å². The Bertz CT molecular complexity index is 816. The third kappa shape index (κ3) is 3.60. The fourth-order valence-corrected chi connectivity index (χ4v) is 3.02. The van der Waals surface area contributed by atoms with Crippen molar-refractivity contribution in [3.05, 3.63) is 40.2 Å². The van der Waals surface area contributed by atoms with Crippen LogP contribution in [0, 0.1) is 6.92 Å². The first kappa shape index (κ1) is 16.5. The van der Waals surface area contributed by atoms with Crippen LogP contribution in [0.25, 0.3) is 11.5 Å². The van der Waals surface area contributed by atoms with E-state index in [2.05, 4.69) is 20.1 Å². The van der Waals surface area contributed by atoms with Crippen molar-refractivity contribution in [2.75, 3.05) is 19.1 Å². The van der Waals surface area contributed by atoms with E-state index < -0.39 is 0 Å². The number of hydrogen-bond acceptors (Lipinski definition) is 8. The molecule has 3 aromatic rings. The van der Waals surface area contributed by atoms with E-state index in [-0.39, 0.29) is 6.10 Å². The number of rotatable bonds is 6. The van der Waals surface area contributed by atoms with Crippen LogP contribution in [-0.2, 0) is 11.3 Å². The summed E-state index contributed by atoms with van der Waals surface area (Å²) in [5.41, 5.74) is 1.83. The summed E-state index contributed by atoms with van der Waals surface area (Å²) in [4.78, 5) is 15.3. The van der Waals surface area contributed by atoms with Crippen molar-refractivity contribution in [1.29, 1.82) is 0 Å². The van der Waals surface area contributed by atoms with Gasteiger partial charge in [-0.25, -0.2) is 9.97 Å². The van der Waals surface area contributed by atoms with Gasteiger partial charge in [0, 0.05) is 31.3 Å². The number of methoxy groups -OCH3 is 1. The molecule has 0 saturated heterocycles. The van der Waals surface area contributed by atoms with Crippen LogP contribution in [-0.4, -0.2) is 34.3 Å². The summed E-state index contributed by atoms with van der Waals surface area (Å²) in [5.74, 6) is 1.92. The number of aryl methyl sites for hydroxylation is 1. The number of pyridine rings is 1. The van der Waals surface area contributed by atoms with Gasteiger partial charge < -0.3 is 14.2 Å². The van der Waals surface area contributed by atoms with Gasteiger partial charge >= 0.3 is 0 Å². The minimum Gasteiger partial charge on any atom is -0.375 e. The number of aromatic nitrogens is 4. The normalized spacial score (nSPS) is 12.3. The lowest BCUT2D eigenvalue weighted by atomic mass is 10.2. The number of thiazole rings is 1. The van der Waals surface area contributed by atoms with Gasteiger partial charge in [0.05, 0.1) is 12.2 Å². The summed E-state index contributed by atoms with van der Waals surface area (Å²) < 4.78 is 10.5. The molecule has 3 rings (SSSR count). The fraction of sp³-hybridized carbons (Fsp3) is 0.375. The Kier molecular flexibility index (Phi) is 4.86. The molecule has 0 saturated carbocycles. The van der Waals surface area contributed by atoms with Crippen molar-refractivity contribution < 1.29 is 9.26 Å². The van der Waals surface area contributed by atoms with Crippen LogP contribution in [0.1, 0.15) is 29.6 Å². The highest BCUT2D eigenvalue weighted by Crippen LogP contribution is 2.24. The lowest BCUT2D eigenvalue weighted by Gasteiger charge is -2.17. The van der Waals surface area contributed by atoms with Crippen LogP contribution < -0.4 is 4.90 Å².